The minimum Gasteiger partial charge on any atom is -0.396 e. The number of nitrogens with zero attached hydrogens (tertiary/aromatic N) is 1. The molecule has 1 amide bonds. The summed E-state index contributed by atoms with van der Waals surface area (Å²) in [5.41, 5.74) is 0.497. The molecule has 0 spiro atoms. The molecule has 3 nitrogen and oxygen atoms in total. The molecule has 0 bridgehead atoms. The Labute approximate surface area is 94.5 Å². The second kappa shape index (κ2) is 5.61. The number of rotatable bonds is 4. The molecule has 1 rings (SSSR count). The Morgan fingerprint density at radius 3 is 2.75 bits per heavy atom. The number of carbonyl (C=O) groups is 1. The molecule has 0 radical (unpaired) electrons. The first-order valence-electron chi connectivity index (χ1n) is 5.24. The zero-order chi connectivity index (χ0) is 12.1. The summed E-state index contributed by atoms with van der Waals surface area (Å²) in [5, 5.41) is 9.03. The van der Waals surface area contributed by atoms with Gasteiger partial charge in [-0.05, 0) is 24.6 Å². The highest BCUT2D eigenvalue weighted by atomic mass is 19.1. The zero-order valence-electron chi connectivity index (χ0n) is 9.48. The number of benzene rings is 1. The van der Waals surface area contributed by atoms with Crippen LogP contribution in [0.3, 0.4) is 0 Å². The van der Waals surface area contributed by atoms with E-state index in [9.17, 15) is 9.18 Å². The van der Waals surface area contributed by atoms with Crippen molar-refractivity contribution in [2.24, 2.45) is 5.92 Å². The fraction of sp³-hybridized carbons (Fsp3) is 0.417. The molecule has 0 fully saturated rings. The Hall–Kier alpha value is -1.42. The van der Waals surface area contributed by atoms with Crippen molar-refractivity contribution in [2.75, 3.05) is 18.6 Å². The van der Waals surface area contributed by atoms with Crippen LogP contribution in [0.1, 0.15) is 13.3 Å². The molecule has 0 heterocycles. The average molecular weight is 225 g/mol. The molecule has 0 saturated carbocycles. The standard InChI is InChI=1S/C12H16FNO2/c1-3-9(8-15)12(16)14(2)11-6-4-5-10(13)7-11/h4-7,9,15H,3,8H2,1-2H3. The number of carbonyl (C=O) groups excluding carboxylic acids is 1. The summed E-state index contributed by atoms with van der Waals surface area (Å²) in [6.45, 7) is 1.65. The topological polar surface area (TPSA) is 40.5 Å². The van der Waals surface area contributed by atoms with Crippen LogP contribution in [0.15, 0.2) is 24.3 Å². The van der Waals surface area contributed by atoms with Crippen molar-refractivity contribution < 1.29 is 14.3 Å². The van der Waals surface area contributed by atoms with Crippen molar-refractivity contribution in [3.05, 3.63) is 30.1 Å². The lowest BCUT2D eigenvalue weighted by Gasteiger charge is -2.21. The van der Waals surface area contributed by atoms with E-state index in [2.05, 4.69) is 0 Å². The van der Waals surface area contributed by atoms with Gasteiger partial charge in [0.2, 0.25) is 5.91 Å². The van der Waals surface area contributed by atoms with Crippen molar-refractivity contribution in [1.82, 2.24) is 0 Å². The molecule has 0 aromatic heterocycles. The Morgan fingerprint density at radius 1 is 1.56 bits per heavy atom. The molecule has 1 aromatic rings. The van der Waals surface area contributed by atoms with Crippen LogP contribution in [0, 0.1) is 11.7 Å². The van der Waals surface area contributed by atoms with E-state index < -0.39 is 5.92 Å². The summed E-state index contributed by atoms with van der Waals surface area (Å²) in [7, 11) is 1.58. The molecule has 1 N–H and O–H groups in total. The summed E-state index contributed by atoms with van der Waals surface area (Å²) in [4.78, 5) is 13.2. The van der Waals surface area contributed by atoms with E-state index in [1.807, 2.05) is 6.92 Å². The number of hydrogen-bond acceptors (Lipinski definition) is 2. The maximum absolute atomic E-state index is 13.0. The van der Waals surface area contributed by atoms with Gasteiger partial charge in [-0.3, -0.25) is 4.79 Å². The highest BCUT2D eigenvalue weighted by Gasteiger charge is 2.20. The molecule has 4 heteroatoms. The van der Waals surface area contributed by atoms with Crippen LogP contribution in [0.4, 0.5) is 10.1 Å². The number of aliphatic hydroxyl groups is 1. The van der Waals surface area contributed by atoms with Crippen molar-refractivity contribution in [3.63, 3.8) is 0 Å². The molecule has 1 aromatic carbocycles. The number of halogens is 1. The van der Waals surface area contributed by atoms with Gasteiger partial charge in [-0.1, -0.05) is 13.0 Å². The molecule has 1 unspecified atom stereocenters. The Morgan fingerprint density at radius 2 is 2.25 bits per heavy atom. The smallest absolute Gasteiger partial charge is 0.232 e. The van der Waals surface area contributed by atoms with Gasteiger partial charge in [0, 0.05) is 12.7 Å². The SMILES string of the molecule is CCC(CO)C(=O)N(C)c1cccc(F)c1. The quantitative estimate of drug-likeness (QED) is 0.849. The highest BCUT2D eigenvalue weighted by molar-refractivity contribution is 5.94. The summed E-state index contributed by atoms with van der Waals surface area (Å²) in [6, 6.07) is 5.83. The number of anilines is 1. The van der Waals surface area contributed by atoms with Gasteiger partial charge >= 0.3 is 0 Å². The van der Waals surface area contributed by atoms with E-state index in [0.717, 1.165) is 0 Å². The van der Waals surface area contributed by atoms with E-state index in [4.69, 9.17) is 5.11 Å². The normalized spacial score (nSPS) is 12.2. The largest absolute Gasteiger partial charge is 0.396 e. The van der Waals surface area contributed by atoms with Crippen LogP contribution >= 0.6 is 0 Å². The maximum Gasteiger partial charge on any atom is 0.232 e. The lowest BCUT2D eigenvalue weighted by atomic mass is 10.1. The Bertz CT molecular complexity index is 364. The third kappa shape index (κ3) is 2.79. The molecule has 1 atom stereocenters. The van der Waals surface area contributed by atoms with Crippen LogP contribution in [0.25, 0.3) is 0 Å². The van der Waals surface area contributed by atoms with Crippen molar-refractivity contribution in [2.45, 2.75) is 13.3 Å². The van der Waals surface area contributed by atoms with Gasteiger partial charge < -0.3 is 10.0 Å². The highest BCUT2D eigenvalue weighted by Crippen LogP contribution is 2.17. The van der Waals surface area contributed by atoms with Gasteiger partial charge in [0.05, 0.1) is 12.5 Å². The van der Waals surface area contributed by atoms with E-state index in [0.29, 0.717) is 12.1 Å². The third-order valence-corrected chi connectivity index (χ3v) is 2.59. The van der Waals surface area contributed by atoms with E-state index in [1.54, 1.807) is 19.2 Å². The first kappa shape index (κ1) is 12.6. The Kier molecular flexibility index (Phi) is 4.43. The zero-order valence-corrected chi connectivity index (χ0v) is 9.48. The number of aliphatic hydroxyl groups excluding tert-OH is 1. The lowest BCUT2D eigenvalue weighted by Crippen LogP contribution is -2.34. The van der Waals surface area contributed by atoms with Gasteiger partial charge in [-0.15, -0.1) is 0 Å². The Balaban J connectivity index is 2.85. The summed E-state index contributed by atoms with van der Waals surface area (Å²) < 4.78 is 13.0. The van der Waals surface area contributed by atoms with E-state index in [-0.39, 0.29) is 18.3 Å². The van der Waals surface area contributed by atoms with Crippen LogP contribution in [-0.2, 0) is 4.79 Å². The monoisotopic (exact) mass is 225 g/mol. The van der Waals surface area contributed by atoms with Crippen LogP contribution in [0.2, 0.25) is 0 Å². The van der Waals surface area contributed by atoms with Crippen molar-refractivity contribution in [3.8, 4) is 0 Å². The molecule has 0 aliphatic carbocycles. The average Bonchev–Trinajstić information content (AvgIpc) is 2.29. The minimum atomic E-state index is -0.423. The molecule has 0 aliphatic heterocycles. The lowest BCUT2D eigenvalue weighted by molar-refractivity contribution is -0.123. The molecule has 0 saturated heterocycles. The first-order chi connectivity index (χ1) is 7.60. The predicted molar refractivity (Wildman–Crippen MR) is 60.7 cm³/mol. The molecular weight excluding hydrogens is 209 g/mol. The fourth-order valence-corrected chi connectivity index (χ4v) is 1.47. The van der Waals surface area contributed by atoms with E-state index in [1.165, 1.54) is 17.0 Å². The fourth-order valence-electron chi connectivity index (χ4n) is 1.47. The number of hydrogen-bond donors (Lipinski definition) is 1. The van der Waals surface area contributed by atoms with Crippen molar-refractivity contribution >= 4 is 11.6 Å². The van der Waals surface area contributed by atoms with Crippen LogP contribution in [-0.4, -0.2) is 24.7 Å². The van der Waals surface area contributed by atoms with Gasteiger partial charge in [0.25, 0.3) is 0 Å². The van der Waals surface area contributed by atoms with Crippen LogP contribution < -0.4 is 4.90 Å². The van der Waals surface area contributed by atoms with Crippen molar-refractivity contribution in [1.29, 1.82) is 0 Å². The first-order valence-corrected chi connectivity index (χ1v) is 5.24. The second-order valence-electron chi connectivity index (χ2n) is 3.66. The van der Waals surface area contributed by atoms with E-state index >= 15 is 0 Å². The second-order valence-corrected chi connectivity index (χ2v) is 3.66. The maximum atomic E-state index is 13.0. The molecular formula is C12H16FNO2. The molecule has 88 valence electrons. The van der Waals surface area contributed by atoms with Crippen LogP contribution in [0.5, 0.6) is 0 Å². The molecule has 16 heavy (non-hydrogen) atoms. The third-order valence-electron chi connectivity index (χ3n) is 2.59. The number of amides is 1. The summed E-state index contributed by atoms with van der Waals surface area (Å²) in [5.74, 6) is -1.00. The minimum absolute atomic E-state index is 0.186. The van der Waals surface area contributed by atoms with Gasteiger partial charge in [0.1, 0.15) is 5.82 Å². The predicted octanol–water partition coefficient (Wildman–Crippen LogP) is 1.81. The van der Waals surface area contributed by atoms with Gasteiger partial charge in [-0.25, -0.2) is 4.39 Å². The van der Waals surface area contributed by atoms with Gasteiger partial charge in [-0.2, -0.15) is 0 Å². The summed E-state index contributed by atoms with van der Waals surface area (Å²) >= 11 is 0. The molecule has 0 aliphatic rings. The summed E-state index contributed by atoms with van der Waals surface area (Å²) in [6.07, 6.45) is 0.564. The van der Waals surface area contributed by atoms with Gasteiger partial charge in [0.15, 0.2) is 0 Å².